The Morgan fingerprint density at radius 1 is 1.53 bits per heavy atom. The average Bonchev–Trinajstić information content (AvgIpc) is 2.26. The first kappa shape index (κ1) is 14.5. The number of ether oxygens (including phenoxy) is 1. The number of nitrogens with two attached hydrogens (primary N) is 1. The van der Waals surface area contributed by atoms with E-state index in [0.717, 1.165) is 30.2 Å². The fraction of sp³-hybridized carbons (Fsp3) is 0.615. The highest BCUT2D eigenvalue weighted by Crippen LogP contribution is 2.21. The maximum atomic E-state index is 5.78. The van der Waals surface area contributed by atoms with Crippen LogP contribution in [0.4, 0.5) is 0 Å². The molecule has 0 saturated carbocycles. The van der Waals surface area contributed by atoms with E-state index in [-0.39, 0.29) is 6.04 Å². The van der Waals surface area contributed by atoms with Gasteiger partial charge in [0.05, 0.1) is 5.03 Å². The molecule has 1 aromatic rings. The van der Waals surface area contributed by atoms with E-state index in [1.54, 1.807) is 18.9 Å². The standard InChI is InChI=1S/C13H22N2OS/c1-10-7-12(8-11(2)14)9-15-13(10)17-6-4-5-16-3/h7,9,11H,4-6,8,14H2,1-3H3. The van der Waals surface area contributed by atoms with E-state index < -0.39 is 0 Å². The van der Waals surface area contributed by atoms with E-state index in [0.29, 0.717) is 0 Å². The number of rotatable bonds is 7. The van der Waals surface area contributed by atoms with Crippen LogP contribution >= 0.6 is 11.8 Å². The molecule has 1 heterocycles. The molecule has 0 radical (unpaired) electrons. The Kier molecular flexibility index (Phi) is 6.55. The van der Waals surface area contributed by atoms with E-state index in [2.05, 4.69) is 18.0 Å². The Balaban J connectivity index is 2.51. The predicted octanol–water partition coefficient (Wildman–Crippen LogP) is 2.41. The summed E-state index contributed by atoms with van der Waals surface area (Å²) in [5.74, 6) is 1.05. The third kappa shape index (κ3) is 5.52. The number of aryl methyl sites for hydroxylation is 1. The summed E-state index contributed by atoms with van der Waals surface area (Å²) in [6.07, 6.45) is 3.89. The molecule has 0 fully saturated rings. The van der Waals surface area contributed by atoms with E-state index >= 15 is 0 Å². The van der Waals surface area contributed by atoms with Gasteiger partial charge < -0.3 is 10.5 Å². The number of methoxy groups -OCH3 is 1. The largest absolute Gasteiger partial charge is 0.385 e. The normalized spacial score (nSPS) is 12.7. The summed E-state index contributed by atoms with van der Waals surface area (Å²) in [4.78, 5) is 4.50. The number of pyridine rings is 1. The summed E-state index contributed by atoms with van der Waals surface area (Å²) < 4.78 is 5.03. The lowest BCUT2D eigenvalue weighted by Crippen LogP contribution is -2.17. The maximum absolute atomic E-state index is 5.78. The minimum Gasteiger partial charge on any atom is -0.385 e. The van der Waals surface area contributed by atoms with Gasteiger partial charge in [-0.15, -0.1) is 11.8 Å². The van der Waals surface area contributed by atoms with Crippen LogP contribution in [0.25, 0.3) is 0 Å². The minimum absolute atomic E-state index is 0.191. The van der Waals surface area contributed by atoms with Gasteiger partial charge in [0.2, 0.25) is 0 Å². The van der Waals surface area contributed by atoms with Crippen LogP contribution in [-0.2, 0) is 11.2 Å². The molecule has 4 heteroatoms. The van der Waals surface area contributed by atoms with Gasteiger partial charge in [-0.3, -0.25) is 0 Å². The lowest BCUT2D eigenvalue weighted by atomic mass is 10.1. The lowest BCUT2D eigenvalue weighted by molar-refractivity contribution is 0.200. The number of aromatic nitrogens is 1. The van der Waals surface area contributed by atoms with Crippen LogP contribution in [0.15, 0.2) is 17.3 Å². The van der Waals surface area contributed by atoms with Crippen molar-refractivity contribution in [3.05, 3.63) is 23.4 Å². The van der Waals surface area contributed by atoms with Gasteiger partial charge in [-0.2, -0.15) is 0 Å². The van der Waals surface area contributed by atoms with Gasteiger partial charge in [-0.05, 0) is 37.8 Å². The fourth-order valence-electron chi connectivity index (χ4n) is 1.63. The van der Waals surface area contributed by atoms with Crippen molar-refractivity contribution in [2.24, 2.45) is 5.73 Å². The molecular formula is C13H22N2OS. The van der Waals surface area contributed by atoms with Crippen LogP contribution in [0.1, 0.15) is 24.5 Å². The van der Waals surface area contributed by atoms with E-state index in [9.17, 15) is 0 Å². The van der Waals surface area contributed by atoms with Crippen molar-refractivity contribution in [1.82, 2.24) is 4.98 Å². The van der Waals surface area contributed by atoms with Gasteiger partial charge in [-0.1, -0.05) is 6.07 Å². The Labute approximate surface area is 108 Å². The third-order valence-corrected chi connectivity index (χ3v) is 3.57. The molecule has 17 heavy (non-hydrogen) atoms. The number of hydrogen-bond donors (Lipinski definition) is 1. The van der Waals surface area contributed by atoms with Gasteiger partial charge in [-0.25, -0.2) is 4.98 Å². The second-order valence-corrected chi connectivity index (χ2v) is 5.43. The molecule has 0 aromatic carbocycles. The first-order chi connectivity index (χ1) is 8.13. The summed E-state index contributed by atoms with van der Waals surface area (Å²) in [5, 5.41) is 1.12. The zero-order chi connectivity index (χ0) is 12.7. The number of thioether (sulfide) groups is 1. The molecule has 0 spiro atoms. The van der Waals surface area contributed by atoms with Crippen molar-refractivity contribution >= 4 is 11.8 Å². The SMILES string of the molecule is COCCCSc1ncc(CC(C)N)cc1C. The molecule has 0 aliphatic rings. The predicted molar refractivity (Wildman–Crippen MR) is 73.5 cm³/mol. The summed E-state index contributed by atoms with van der Waals surface area (Å²) in [5.41, 5.74) is 8.24. The van der Waals surface area contributed by atoms with E-state index in [4.69, 9.17) is 10.5 Å². The lowest BCUT2D eigenvalue weighted by Gasteiger charge is -2.09. The van der Waals surface area contributed by atoms with Gasteiger partial charge in [0.1, 0.15) is 0 Å². The molecular weight excluding hydrogens is 232 g/mol. The molecule has 1 atom stereocenters. The Morgan fingerprint density at radius 3 is 2.88 bits per heavy atom. The van der Waals surface area contributed by atoms with Crippen molar-refractivity contribution < 1.29 is 4.74 Å². The quantitative estimate of drug-likeness (QED) is 0.599. The average molecular weight is 254 g/mol. The summed E-state index contributed by atoms with van der Waals surface area (Å²) in [6.45, 7) is 4.94. The van der Waals surface area contributed by atoms with E-state index in [1.807, 2.05) is 13.1 Å². The molecule has 96 valence electrons. The van der Waals surface area contributed by atoms with Crippen LogP contribution in [0, 0.1) is 6.92 Å². The van der Waals surface area contributed by atoms with Gasteiger partial charge in [0, 0.05) is 31.7 Å². The summed E-state index contributed by atoms with van der Waals surface area (Å²) in [7, 11) is 1.73. The van der Waals surface area contributed by atoms with Gasteiger partial charge in [0.15, 0.2) is 0 Å². The monoisotopic (exact) mass is 254 g/mol. The van der Waals surface area contributed by atoms with Crippen molar-refractivity contribution in [3.63, 3.8) is 0 Å². The molecule has 0 amide bonds. The number of hydrogen-bond acceptors (Lipinski definition) is 4. The zero-order valence-electron chi connectivity index (χ0n) is 10.9. The molecule has 0 saturated heterocycles. The highest BCUT2D eigenvalue weighted by Gasteiger charge is 2.04. The Morgan fingerprint density at radius 2 is 2.29 bits per heavy atom. The van der Waals surface area contributed by atoms with Crippen LogP contribution in [0.5, 0.6) is 0 Å². The molecule has 3 nitrogen and oxygen atoms in total. The smallest absolute Gasteiger partial charge is 0.0989 e. The zero-order valence-corrected chi connectivity index (χ0v) is 11.7. The van der Waals surface area contributed by atoms with Crippen LogP contribution in [-0.4, -0.2) is 30.5 Å². The van der Waals surface area contributed by atoms with E-state index in [1.165, 1.54) is 11.1 Å². The summed E-state index contributed by atoms with van der Waals surface area (Å²) >= 11 is 1.79. The van der Waals surface area contributed by atoms with Crippen LogP contribution in [0.2, 0.25) is 0 Å². The summed E-state index contributed by atoms with van der Waals surface area (Å²) in [6, 6.07) is 2.38. The molecule has 2 N–H and O–H groups in total. The first-order valence-corrected chi connectivity index (χ1v) is 6.95. The minimum atomic E-state index is 0.191. The van der Waals surface area contributed by atoms with Gasteiger partial charge in [0.25, 0.3) is 0 Å². The van der Waals surface area contributed by atoms with Crippen LogP contribution in [0.3, 0.4) is 0 Å². The van der Waals surface area contributed by atoms with Crippen molar-refractivity contribution in [1.29, 1.82) is 0 Å². The molecule has 1 unspecified atom stereocenters. The Bertz CT molecular complexity index is 342. The molecule has 0 bridgehead atoms. The second-order valence-electron chi connectivity index (χ2n) is 4.34. The van der Waals surface area contributed by atoms with Crippen LogP contribution < -0.4 is 5.73 Å². The van der Waals surface area contributed by atoms with Crippen molar-refractivity contribution in [2.75, 3.05) is 19.5 Å². The molecule has 1 rings (SSSR count). The first-order valence-electron chi connectivity index (χ1n) is 5.96. The topological polar surface area (TPSA) is 48.1 Å². The third-order valence-electron chi connectivity index (χ3n) is 2.38. The highest BCUT2D eigenvalue weighted by atomic mass is 32.2. The Hall–Kier alpha value is -0.580. The molecule has 1 aromatic heterocycles. The number of nitrogens with zero attached hydrogens (tertiary/aromatic N) is 1. The van der Waals surface area contributed by atoms with Crippen molar-refractivity contribution in [3.8, 4) is 0 Å². The van der Waals surface area contributed by atoms with Gasteiger partial charge >= 0.3 is 0 Å². The molecule has 0 aliphatic heterocycles. The molecule has 0 aliphatic carbocycles. The second kappa shape index (κ2) is 7.69. The fourth-order valence-corrected chi connectivity index (χ4v) is 2.50. The van der Waals surface area contributed by atoms with Crippen molar-refractivity contribution in [2.45, 2.75) is 37.8 Å². The highest BCUT2D eigenvalue weighted by molar-refractivity contribution is 7.99. The maximum Gasteiger partial charge on any atom is 0.0989 e.